The highest BCUT2D eigenvalue weighted by molar-refractivity contribution is 6.29. The highest BCUT2D eigenvalue weighted by Crippen LogP contribution is 2.32. The SMILES string of the molecule is CC(C)Nc1cc(C(F)(F)F)cc2nc(NC(=O)c3ccc(Cl)nc3)nn12. The van der Waals surface area contributed by atoms with Crippen molar-refractivity contribution in [3.05, 3.63) is 46.7 Å². The van der Waals surface area contributed by atoms with Gasteiger partial charge in [-0.05, 0) is 38.1 Å². The molecule has 142 valence electrons. The van der Waals surface area contributed by atoms with E-state index in [4.69, 9.17) is 11.6 Å². The minimum atomic E-state index is -4.54. The summed E-state index contributed by atoms with van der Waals surface area (Å²) >= 11 is 5.67. The Labute approximate surface area is 156 Å². The lowest BCUT2D eigenvalue weighted by molar-refractivity contribution is -0.137. The molecule has 0 bridgehead atoms. The van der Waals surface area contributed by atoms with Crippen LogP contribution in [-0.2, 0) is 6.18 Å². The van der Waals surface area contributed by atoms with E-state index < -0.39 is 17.6 Å². The topological polar surface area (TPSA) is 84.2 Å². The molecule has 2 N–H and O–H groups in total. The van der Waals surface area contributed by atoms with Crippen molar-refractivity contribution in [2.24, 2.45) is 0 Å². The largest absolute Gasteiger partial charge is 0.416 e. The van der Waals surface area contributed by atoms with E-state index in [1.165, 1.54) is 22.8 Å². The lowest BCUT2D eigenvalue weighted by atomic mass is 10.2. The summed E-state index contributed by atoms with van der Waals surface area (Å²) in [5.74, 6) is -0.596. The maximum atomic E-state index is 13.1. The Hall–Kier alpha value is -2.88. The fraction of sp³-hybridized carbons (Fsp3) is 0.250. The number of anilines is 2. The zero-order valence-electron chi connectivity index (χ0n) is 14.2. The number of carbonyl (C=O) groups excluding carboxylic acids is 1. The van der Waals surface area contributed by atoms with E-state index in [1.54, 1.807) is 13.8 Å². The predicted molar refractivity (Wildman–Crippen MR) is 93.9 cm³/mol. The van der Waals surface area contributed by atoms with Gasteiger partial charge < -0.3 is 5.32 Å². The van der Waals surface area contributed by atoms with Crippen LogP contribution < -0.4 is 10.6 Å². The second-order valence-corrected chi connectivity index (χ2v) is 6.34. The molecule has 0 saturated heterocycles. The van der Waals surface area contributed by atoms with Crippen LogP contribution in [-0.4, -0.2) is 31.5 Å². The van der Waals surface area contributed by atoms with Crippen LogP contribution in [0.15, 0.2) is 30.5 Å². The minimum absolute atomic E-state index is 0.0579. The van der Waals surface area contributed by atoms with Crippen LogP contribution in [0.3, 0.4) is 0 Å². The average Bonchev–Trinajstić information content (AvgIpc) is 2.96. The van der Waals surface area contributed by atoms with Gasteiger partial charge in [-0.1, -0.05) is 11.6 Å². The van der Waals surface area contributed by atoms with Crippen molar-refractivity contribution in [3.8, 4) is 0 Å². The summed E-state index contributed by atoms with van der Waals surface area (Å²) in [7, 11) is 0. The van der Waals surface area contributed by atoms with Gasteiger partial charge in [0.05, 0.1) is 11.1 Å². The summed E-state index contributed by atoms with van der Waals surface area (Å²) in [5.41, 5.74) is -0.724. The number of rotatable bonds is 4. The Morgan fingerprint density at radius 1 is 1.26 bits per heavy atom. The van der Waals surface area contributed by atoms with Crippen LogP contribution in [0.1, 0.15) is 29.8 Å². The fourth-order valence-corrected chi connectivity index (χ4v) is 2.39. The Morgan fingerprint density at radius 3 is 2.59 bits per heavy atom. The van der Waals surface area contributed by atoms with Crippen molar-refractivity contribution in [3.63, 3.8) is 0 Å². The number of fused-ring (bicyclic) bond motifs is 1. The molecule has 0 fully saturated rings. The molecule has 0 atom stereocenters. The average molecular weight is 399 g/mol. The second-order valence-electron chi connectivity index (χ2n) is 5.96. The molecule has 11 heteroatoms. The van der Waals surface area contributed by atoms with Gasteiger partial charge in [0, 0.05) is 12.2 Å². The zero-order valence-corrected chi connectivity index (χ0v) is 14.9. The Morgan fingerprint density at radius 2 is 2.00 bits per heavy atom. The molecule has 3 aromatic heterocycles. The van der Waals surface area contributed by atoms with Crippen molar-refractivity contribution in [2.75, 3.05) is 10.6 Å². The van der Waals surface area contributed by atoms with Crippen LogP contribution in [0.4, 0.5) is 24.9 Å². The fourth-order valence-electron chi connectivity index (χ4n) is 2.28. The van der Waals surface area contributed by atoms with E-state index in [1.807, 2.05) is 0 Å². The van der Waals surface area contributed by atoms with E-state index in [0.29, 0.717) is 0 Å². The molecule has 1 amide bonds. The number of hydrogen-bond donors (Lipinski definition) is 2. The van der Waals surface area contributed by atoms with Gasteiger partial charge in [-0.2, -0.15) is 22.7 Å². The number of nitrogens with one attached hydrogen (secondary N) is 2. The van der Waals surface area contributed by atoms with Crippen LogP contribution in [0.2, 0.25) is 5.15 Å². The molecule has 0 aliphatic heterocycles. The number of aromatic nitrogens is 4. The lowest BCUT2D eigenvalue weighted by Gasteiger charge is -2.14. The number of nitrogens with zero attached hydrogens (tertiary/aromatic N) is 4. The molecular weight excluding hydrogens is 385 g/mol. The van der Waals surface area contributed by atoms with Gasteiger partial charge in [0.1, 0.15) is 11.0 Å². The van der Waals surface area contributed by atoms with Crippen molar-refractivity contribution in [1.82, 2.24) is 19.6 Å². The van der Waals surface area contributed by atoms with Crippen LogP contribution in [0, 0.1) is 0 Å². The quantitative estimate of drug-likeness (QED) is 0.652. The Kier molecular flexibility index (Phi) is 4.92. The summed E-state index contributed by atoms with van der Waals surface area (Å²) in [6.07, 6.45) is -3.28. The Bertz CT molecular complexity index is 984. The number of halogens is 4. The van der Waals surface area contributed by atoms with Crippen LogP contribution >= 0.6 is 11.6 Å². The third-order valence-corrected chi connectivity index (χ3v) is 3.64. The van der Waals surface area contributed by atoms with Crippen molar-refractivity contribution in [1.29, 1.82) is 0 Å². The molecule has 3 rings (SSSR count). The molecule has 0 aromatic carbocycles. The standard InChI is InChI=1S/C16H14ClF3N6O/c1-8(2)22-12-5-10(16(18,19)20)6-13-23-15(25-26(12)13)24-14(27)9-3-4-11(17)21-7-9/h3-8,22H,1-2H3,(H,24,25,27). The first-order valence-corrected chi connectivity index (χ1v) is 8.19. The number of amides is 1. The van der Waals surface area contributed by atoms with Gasteiger partial charge in [0.15, 0.2) is 5.65 Å². The minimum Gasteiger partial charge on any atom is -0.368 e. The van der Waals surface area contributed by atoms with Crippen molar-refractivity contribution >= 4 is 34.9 Å². The van der Waals surface area contributed by atoms with Gasteiger partial charge in [0.25, 0.3) is 5.91 Å². The van der Waals surface area contributed by atoms with Gasteiger partial charge in [0.2, 0.25) is 5.95 Å². The summed E-state index contributed by atoms with van der Waals surface area (Å²) in [5, 5.41) is 9.61. The van der Waals surface area contributed by atoms with E-state index in [-0.39, 0.29) is 34.2 Å². The maximum Gasteiger partial charge on any atom is 0.416 e. The molecule has 7 nitrogen and oxygen atoms in total. The molecule has 0 unspecified atom stereocenters. The predicted octanol–water partition coefficient (Wildman–Crippen LogP) is 3.87. The summed E-state index contributed by atoms with van der Waals surface area (Å²) < 4.78 is 40.6. The van der Waals surface area contributed by atoms with E-state index in [9.17, 15) is 18.0 Å². The summed E-state index contributed by atoms with van der Waals surface area (Å²) in [6, 6.07) is 4.55. The first-order valence-electron chi connectivity index (χ1n) is 7.81. The highest BCUT2D eigenvalue weighted by atomic mass is 35.5. The summed E-state index contributed by atoms with van der Waals surface area (Å²) in [6.45, 7) is 3.55. The van der Waals surface area contributed by atoms with Gasteiger partial charge in [-0.25, -0.2) is 4.98 Å². The van der Waals surface area contributed by atoms with Crippen molar-refractivity contribution < 1.29 is 18.0 Å². The number of hydrogen-bond acceptors (Lipinski definition) is 5. The first-order chi connectivity index (χ1) is 12.6. The third kappa shape index (κ3) is 4.27. The van der Waals surface area contributed by atoms with E-state index in [2.05, 4.69) is 25.7 Å². The summed E-state index contributed by atoms with van der Waals surface area (Å²) in [4.78, 5) is 20.0. The molecule has 3 heterocycles. The third-order valence-electron chi connectivity index (χ3n) is 3.42. The lowest BCUT2D eigenvalue weighted by Crippen LogP contribution is -2.16. The number of pyridine rings is 2. The molecule has 0 spiro atoms. The Balaban J connectivity index is 1.97. The second kappa shape index (κ2) is 7.03. The molecule has 27 heavy (non-hydrogen) atoms. The normalized spacial score (nSPS) is 11.8. The van der Waals surface area contributed by atoms with E-state index >= 15 is 0 Å². The first kappa shape index (κ1) is 18.9. The molecule has 0 saturated carbocycles. The van der Waals surface area contributed by atoms with Crippen LogP contribution in [0.5, 0.6) is 0 Å². The zero-order chi connectivity index (χ0) is 19.8. The number of carbonyl (C=O) groups is 1. The van der Waals surface area contributed by atoms with Crippen molar-refractivity contribution in [2.45, 2.75) is 26.1 Å². The monoisotopic (exact) mass is 398 g/mol. The van der Waals surface area contributed by atoms with E-state index in [0.717, 1.165) is 12.1 Å². The molecule has 3 aromatic rings. The molecule has 0 aliphatic carbocycles. The molecular formula is C16H14ClF3N6O. The van der Waals surface area contributed by atoms with Gasteiger partial charge >= 0.3 is 6.18 Å². The molecule has 0 radical (unpaired) electrons. The van der Waals surface area contributed by atoms with Gasteiger partial charge in [-0.3, -0.25) is 10.1 Å². The van der Waals surface area contributed by atoms with Gasteiger partial charge in [-0.15, -0.1) is 5.10 Å². The maximum absolute atomic E-state index is 13.1. The molecule has 0 aliphatic rings. The van der Waals surface area contributed by atoms with Crippen LogP contribution in [0.25, 0.3) is 5.65 Å². The number of alkyl halides is 3. The highest BCUT2D eigenvalue weighted by Gasteiger charge is 2.32. The smallest absolute Gasteiger partial charge is 0.368 e.